The van der Waals surface area contributed by atoms with Crippen LogP contribution in [0.5, 0.6) is 11.5 Å². The molecule has 0 spiro atoms. The van der Waals surface area contributed by atoms with Gasteiger partial charge in [-0.15, -0.1) is 0 Å². The Balaban J connectivity index is 0.910. The van der Waals surface area contributed by atoms with E-state index in [4.69, 9.17) is 14.5 Å². The van der Waals surface area contributed by atoms with Crippen LogP contribution in [0.3, 0.4) is 0 Å². The van der Waals surface area contributed by atoms with E-state index < -0.39 is 0 Å². The number of pyridine rings is 3. The van der Waals surface area contributed by atoms with E-state index in [1.54, 1.807) is 0 Å². The fraction of sp³-hybridized carbons (Fsp3) is 0.0339. The van der Waals surface area contributed by atoms with Crippen molar-refractivity contribution in [3.05, 3.63) is 248 Å². The van der Waals surface area contributed by atoms with Crippen LogP contribution in [0.4, 0.5) is 0 Å². The van der Waals surface area contributed by atoms with Crippen molar-refractivity contribution < 1.29 is 9.47 Å². The summed E-state index contributed by atoms with van der Waals surface area (Å²) in [5, 5.41) is 0. The average Bonchev–Trinajstić information content (AvgIpc) is 3.38. The molecule has 0 aliphatic heterocycles. The molecule has 5 heteroatoms. The Morgan fingerprint density at radius 1 is 0.266 bits per heavy atom. The van der Waals surface area contributed by atoms with Gasteiger partial charge >= 0.3 is 0 Å². The first-order valence-corrected chi connectivity index (χ1v) is 21.4. The summed E-state index contributed by atoms with van der Waals surface area (Å²) >= 11 is 0. The quantitative estimate of drug-likeness (QED) is 0.116. The number of nitrogens with zero attached hydrogens (tertiary/aromatic N) is 3. The molecule has 0 saturated carbocycles. The number of hydrogen-bond donors (Lipinski definition) is 0. The van der Waals surface area contributed by atoms with Crippen molar-refractivity contribution in [2.75, 3.05) is 0 Å². The molecule has 0 amide bonds. The van der Waals surface area contributed by atoms with Gasteiger partial charge in [0, 0.05) is 41.3 Å². The second kappa shape index (κ2) is 18.7. The number of rotatable bonds is 13. The lowest BCUT2D eigenvalue weighted by atomic mass is 9.93. The van der Waals surface area contributed by atoms with Crippen molar-refractivity contribution in [2.45, 2.75) is 13.2 Å². The molecule has 64 heavy (non-hydrogen) atoms. The highest BCUT2D eigenvalue weighted by molar-refractivity contribution is 5.85. The van der Waals surface area contributed by atoms with Crippen LogP contribution in [0.2, 0.25) is 0 Å². The van der Waals surface area contributed by atoms with Crippen molar-refractivity contribution in [2.24, 2.45) is 0 Å². The van der Waals surface area contributed by atoms with E-state index in [1.165, 1.54) is 11.1 Å². The maximum absolute atomic E-state index is 6.53. The lowest BCUT2D eigenvalue weighted by Crippen LogP contribution is -1.99. The summed E-state index contributed by atoms with van der Waals surface area (Å²) in [4.78, 5) is 13.8. The van der Waals surface area contributed by atoms with Crippen molar-refractivity contribution in [1.29, 1.82) is 0 Å². The predicted molar refractivity (Wildman–Crippen MR) is 259 cm³/mol. The zero-order chi connectivity index (χ0) is 42.9. The van der Waals surface area contributed by atoms with Crippen LogP contribution in [0.1, 0.15) is 11.1 Å². The summed E-state index contributed by atoms with van der Waals surface area (Å²) in [6, 6.07) is 75.4. The maximum atomic E-state index is 6.53. The molecule has 3 aromatic heterocycles. The van der Waals surface area contributed by atoms with Gasteiger partial charge in [-0.25, -0.2) is 0 Å². The summed E-state index contributed by atoms with van der Waals surface area (Å²) in [5.41, 5.74) is 17.1. The molecule has 10 aromatic rings. The Kier molecular flexibility index (Phi) is 11.6. The largest absolute Gasteiger partial charge is 0.489 e. The number of aromatic nitrogens is 3. The molecule has 0 N–H and O–H groups in total. The molecule has 0 radical (unpaired) electrons. The van der Waals surface area contributed by atoms with E-state index in [2.05, 4.69) is 180 Å². The van der Waals surface area contributed by atoms with Gasteiger partial charge in [0.05, 0.1) is 17.1 Å². The van der Waals surface area contributed by atoms with Crippen LogP contribution < -0.4 is 9.47 Å². The molecular weight excluding hydrogens is 783 g/mol. The maximum Gasteiger partial charge on any atom is 0.124 e. The van der Waals surface area contributed by atoms with Gasteiger partial charge < -0.3 is 9.47 Å². The van der Waals surface area contributed by atoms with E-state index in [-0.39, 0.29) is 0 Å². The number of hydrogen-bond acceptors (Lipinski definition) is 5. The summed E-state index contributed by atoms with van der Waals surface area (Å²) in [6.07, 6.45) is 5.52. The Morgan fingerprint density at radius 2 is 0.688 bits per heavy atom. The molecule has 7 aromatic carbocycles. The third-order valence-corrected chi connectivity index (χ3v) is 11.3. The summed E-state index contributed by atoms with van der Waals surface area (Å²) in [6.45, 7) is 0.801. The Labute approximate surface area is 374 Å². The first-order valence-electron chi connectivity index (χ1n) is 21.4. The minimum atomic E-state index is 0.401. The van der Waals surface area contributed by atoms with Crippen LogP contribution in [0.25, 0.3) is 78.3 Å². The van der Waals surface area contributed by atoms with E-state index in [0.29, 0.717) is 13.2 Å². The van der Waals surface area contributed by atoms with Crippen LogP contribution >= 0.6 is 0 Å². The Bertz CT molecular complexity index is 3000. The zero-order valence-electron chi connectivity index (χ0n) is 35.1. The lowest BCUT2D eigenvalue weighted by Gasteiger charge is -2.16. The standard InChI is InChI=1S/C59H43N3O2/c1-2-10-44(11-3-1)45-24-26-46(27-25-45)51-32-35-62-59(38-51)50-30-28-47(29-31-50)55-12-4-5-13-56(55)52-36-53(63-40-42-16-20-48(21-17-42)57-14-6-8-33-60-57)39-54(37-52)64-41-43-18-22-49(23-19-43)58-15-7-9-34-61-58/h1-39H,40-41H2. The van der Waals surface area contributed by atoms with Gasteiger partial charge in [0.25, 0.3) is 0 Å². The molecule has 0 aliphatic rings. The third kappa shape index (κ3) is 9.25. The van der Waals surface area contributed by atoms with E-state index in [9.17, 15) is 0 Å². The highest BCUT2D eigenvalue weighted by Crippen LogP contribution is 2.38. The second-order valence-electron chi connectivity index (χ2n) is 15.6. The summed E-state index contributed by atoms with van der Waals surface area (Å²) in [7, 11) is 0. The highest BCUT2D eigenvalue weighted by Gasteiger charge is 2.13. The van der Waals surface area contributed by atoms with E-state index in [1.807, 2.05) is 67.1 Å². The smallest absolute Gasteiger partial charge is 0.124 e. The first kappa shape index (κ1) is 39.7. The van der Waals surface area contributed by atoms with E-state index in [0.717, 1.165) is 89.8 Å². The third-order valence-electron chi connectivity index (χ3n) is 11.3. The predicted octanol–water partition coefficient (Wildman–Crippen LogP) is 14.7. The average molecular weight is 826 g/mol. The first-order chi connectivity index (χ1) is 31.7. The minimum Gasteiger partial charge on any atom is -0.489 e. The van der Waals surface area contributed by atoms with Gasteiger partial charge in [-0.1, -0.05) is 164 Å². The number of ether oxygens (including phenoxy) is 2. The van der Waals surface area contributed by atoms with Gasteiger partial charge in [-0.2, -0.15) is 0 Å². The van der Waals surface area contributed by atoms with Crippen LogP contribution in [-0.4, -0.2) is 15.0 Å². The molecule has 306 valence electrons. The normalized spacial score (nSPS) is 10.9. The fourth-order valence-corrected chi connectivity index (χ4v) is 7.90. The van der Waals surface area contributed by atoms with Crippen molar-refractivity contribution >= 4 is 0 Å². The number of benzene rings is 7. The monoisotopic (exact) mass is 825 g/mol. The van der Waals surface area contributed by atoms with Gasteiger partial charge in [0.15, 0.2) is 0 Å². The SMILES string of the molecule is c1ccc(-c2ccc(-c3ccnc(-c4ccc(-c5ccccc5-c5cc(OCc6ccc(-c7ccccn7)cc6)cc(OCc6ccc(-c7ccccn7)cc6)c5)cc4)c3)cc2)cc1. The van der Waals surface area contributed by atoms with Crippen LogP contribution in [0.15, 0.2) is 237 Å². The van der Waals surface area contributed by atoms with Crippen molar-refractivity contribution in [1.82, 2.24) is 15.0 Å². The Hall–Kier alpha value is -8.41. The molecule has 0 atom stereocenters. The molecule has 5 nitrogen and oxygen atoms in total. The molecule has 3 heterocycles. The highest BCUT2D eigenvalue weighted by atomic mass is 16.5. The lowest BCUT2D eigenvalue weighted by molar-refractivity contribution is 0.290. The van der Waals surface area contributed by atoms with Gasteiger partial charge in [-0.05, 0) is 104 Å². The van der Waals surface area contributed by atoms with Gasteiger partial charge in [0.1, 0.15) is 24.7 Å². The fourth-order valence-electron chi connectivity index (χ4n) is 7.90. The minimum absolute atomic E-state index is 0.401. The molecular formula is C59H43N3O2. The Morgan fingerprint density at radius 3 is 1.23 bits per heavy atom. The van der Waals surface area contributed by atoms with Gasteiger partial charge in [-0.3, -0.25) is 15.0 Å². The molecule has 0 bridgehead atoms. The summed E-state index contributed by atoms with van der Waals surface area (Å²) in [5.74, 6) is 1.44. The summed E-state index contributed by atoms with van der Waals surface area (Å²) < 4.78 is 13.1. The molecule has 0 fully saturated rings. The molecule has 0 aliphatic carbocycles. The van der Waals surface area contributed by atoms with Gasteiger partial charge in [0.2, 0.25) is 0 Å². The molecule has 0 saturated heterocycles. The topological polar surface area (TPSA) is 57.1 Å². The zero-order valence-corrected chi connectivity index (χ0v) is 35.1. The van der Waals surface area contributed by atoms with E-state index >= 15 is 0 Å². The van der Waals surface area contributed by atoms with Crippen molar-refractivity contribution in [3.8, 4) is 89.8 Å². The van der Waals surface area contributed by atoms with Crippen LogP contribution in [-0.2, 0) is 13.2 Å². The molecule has 10 rings (SSSR count). The van der Waals surface area contributed by atoms with Crippen LogP contribution in [0, 0.1) is 0 Å². The van der Waals surface area contributed by atoms with Crippen molar-refractivity contribution in [3.63, 3.8) is 0 Å². The molecule has 0 unspecified atom stereocenters. The second-order valence-corrected chi connectivity index (χ2v) is 15.6.